The molecular weight excluding hydrogens is 346 g/mol. The molecule has 0 atom stereocenters. The topological polar surface area (TPSA) is 28.2 Å². The summed E-state index contributed by atoms with van der Waals surface area (Å²) in [6.45, 7) is 18.2. The van der Waals surface area contributed by atoms with Gasteiger partial charge in [0.15, 0.2) is 0 Å². The third-order valence-electron chi connectivity index (χ3n) is 3.97. The molecule has 0 spiro atoms. The number of rotatable bonds is 11. The van der Waals surface area contributed by atoms with Gasteiger partial charge in [-0.3, -0.25) is 0 Å². The van der Waals surface area contributed by atoms with E-state index in [-0.39, 0.29) is 0 Å². The van der Waals surface area contributed by atoms with Crippen molar-refractivity contribution in [1.29, 1.82) is 0 Å². The summed E-state index contributed by atoms with van der Waals surface area (Å²) in [5.74, 6) is 1.02. The predicted octanol–water partition coefficient (Wildman–Crippen LogP) is 5.38. The Kier molecular flexibility index (Phi) is 8.22. The maximum absolute atomic E-state index is 4.30. The van der Waals surface area contributed by atoms with E-state index in [1.165, 1.54) is 5.57 Å². The number of nitrogens with one attached hydrogen (secondary N) is 1. The van der Waals surface area contributed by atoms with Crippen molar-refractivity contribution >= 4 is 21.6 Å². The summed E-state index contributed by atoms with van der Waals surface area (Å²) in [5, 5.41) is 4.45. The van der Waals surface area contributed by atoms with E-state index in [4.69, 9.17) is 0 Å². The maximum atomic E-state index is 4.30. The van der Waals surface area contributed by atoms with E-state index in [0.29, 0.717) is 0 Å². The van der Waals surface area contributed by atoms with Crippen LogP contribution in [0.3, 0.4) is 0 Å². The number of likely N-dealkylation sites (tertiary alicyclic amines) is 1. The van der Waals surface area contributed by atoms with Crippen LogP contribution in [0.4, 0.5) is 0 Å². The van der Waals surface area contributed by atoms with E-state index >= 15 is 0 Å². The van der Waals surface area contributed by atoms with Crippen molar-refractivity contribution in [3.05, 3.63) is 73.4 Å². The number of nitrogens with zero attached hydrogens (tertiary/aromatic N) is 2. The summed E-state index contributed by atoms with van der Waals surface area (Å²) >= 11 is 0. The average Bonchev–Trinajstić information content (AvgIpc) is 2.91. The SMILES string of the molecule is C=C(CCNC(=C)CCSSc1ccccn1)CN1C(=C)CCC1=C. The van der Waals surface area contributed by atoms with E-state index in [0.717, 1.165) is 66.6 Å². The van der Waals surface area contributed by atoms with Crippen LogP contribution in [0.15, 0.2) is 78.4 Å². The minimum absolute atomic E-state index is 0.836. The van der Waals surface area contributed by atoms with Gasteiger partial charge in [0, 0.05) is 42.1 Å². The molecular formula is C20H27N3S2. The van der Waals surface area contributed by atoms with Crippen molar-refractivity contribution in [1.82, 2.24) is 15.2 Å². The van der Waals surface area contributed by atoms with E-state index in [9.17, 15) is 0 Å². The minimum atomic E-state index is 0.836. The van der Waals surface area contributed by atoms with Crippen LogP contribution in [0.1, 0.15) is 25.7 Å². The van der Waals surface area contributed by atoms with Gasteiger partial charge in [-0.15, -0.1) is 0 Å². The Balaban J connectivity index is 1.53. The second kappa shape index (κ2) is 10.4. The third-order valence-corrected chi connectivity index (χ3v) is 6.24. The molecule has 0 saturated carbocycles. The van der Waals surface area contributed by atoms with Gasteiger partial charge < -0.3 is 10.2 Å². The highest BCUT2D eigenvalue weighted by Crippen LogP contribution is 2.30. The van der Waals surface area contributed by atoms with Crippen LogP contribution < -0.4 is 5.32 Å². The standard InChI is InChI=1S/C20H27N3S2/c1-16(15-23-18(3)8-9-19(23)4)10-13-21-17(2)11-14-24-25-20-7-5-6-12-22-20/h5-7,12,21H,1-4,8-11,13-15H2. The average molecular weight is 374 g/mol. The number of pyridine rings is 1. The molecule has 1 aromatic rings. The Morgan fingerprint density at radius 1 is 1.16 bits per heavy atom. The van der Waals surface area contributed by atoms with Crippen LogP contribution in [-0.4, -0.2) is 28.7 Å². The smallest absolute Gasteiger partial charge is 0.106 e. The van der Waals surface area contributed by atoms with Crippen LogP contribution in [0.5, 0.6) is 0 Å². The first-order valence-corrected chi connectivity index (χ1v) is 10.8. The second-order valence-corrected chi connectivity index (χ2v) is 8.51. The molecule has 0 bridgehead atoms. The molecule has 0 aliphatic carbocycles. The van der Waals surface area contributed by atoms with Gasteiger partial charge in [-0.05, 0) is 48.6 Å². The van der Waals surface area contributed by atoms with Gasteiger partial charge in [0.2, 0.25) is 0 Å². The Labute approximate surface area is 159 Å². The van der Waals surface area contributed by atoms with Crippen molar-refractivity contribution in [2.24, 2.45) is 0 Å². The summed E-state index contributed by atoms with van der Waals surface area (Å²) in [6, 6.07) is 5.97. The molecule has 0 unspecified atom stereocenters. The van der Waals surface area contributed by atoms with Crippen LogP contribution in [0.25, 0.3) is 0 Å². The number of aromatic nitrogens is 1. The number of allylic oxidation sites excluding steroid dienone is 3. The molecule has 2 heterocycles. The molecule has 1 aromatic heterocycles. The summed E-state index contributed by atoms with van der Waals surface area (Å²) in [6.07, 6.45) is 5.76. The molecule has 1 fully saturated rings. The first-order chi connectivity index (χ1) is 12.1. The highest BCUT2D eigenvalue weighted by Gasteiger charge is 2.19. The normalized spacial score (nSPS) is 14.0. The van der Waals surface area contributed by atoms with Gasteiger partial charge >= 0.3 is 0 Å². The minimum Gasteiger partial charge on any atom is -0.388 e. The summed E-state index contributed by atoms with van der Waals surface area (Å²) < 4.78 is 0. The molecule has 1 saturated heterocycles. The van der Waals surface area contributed by atoms with E-state index in [1.54, 1.807) is 21.6 Å². The monoisotopic (exact) mass is 373 g/mol. The van der Waals surface area contributed by atoms with E-state index in [1.807, 2.05) is 24.4 Å². The Morgan fingerprint density at radius 3 is 2.60 bits per heavy atom. The van der Waals surface area contributed by atoms with Gasteiger partial charge in [0.25, 0.3) is 0 Å². The molecule has 134 valence electrons. The lowest BCUT2D eigenvalue weighted by molar-refractivity contribution is 0.490. The van der Waals surface area contributed by atoms with Crippen LogP contribution >= 0.6 is 21.6 Å². The lowest BCUT2D eigenvalue weighted by Gasteiger charge is -2.22. The molecule has 3 nitrogen and oxygen atoms in total. The van der Waals surface area contributed by atoms with E-state index in [2.05, 4.69) is 41.5 Å². The molecule has 0 amide bonds. The molecule has 5 heteroatoms. The quantitative estimate of drug-likeness (QED) is 0.319. The van der Waals surface area contributed by atoms with Crippen molar-refractivity contribution < 1.29 is 0 Å². The van der Waals surface area contributed by atoms with Gasteiger partial charge in [0.1, 0.15) is 5.03 Å². The zero-order chi connectivity index (χ0) is 18.1. The van der Waals surface area contributed by atoms with E-state index < -0.39 is 0 Å². The van der Waals surface area contributed by atoms with Gasteiger partial charge in [-0.25, -0.2) is 4.98 Å². The molecule has 1 aliphatic rings. The fourth-order valence-corrected chi connectivity index (χ4v) is 4.41. The van der Waals surface area contributed by atoms with Crippen molar-refractivity contribution in [3.8, 4) is 0 Å². The lowest BCUT2D eigenvalue weighted by Crippen LogP contribution is -2.21. The Hall–Kier alpha value is -1.59. The summed E-state index contributed by atoms with van der Waals surface area (Å²) in [7, 11) is 3.52. The van der Waals surface area contributed by atoms with Crippen molar-refractivity contribution in [2.45, 2.75) is 30.7 Å². The van der Waals surface area contributed by atoms with Gasteiger partial charge in [0.05, 0.1) is 0 Å². The van der Waals surface area contributed by atoms with Crippen LogP contribution in [-0.2, 0) is 0 Å². The molecule has 0 aromatic carbocycles. The van der Waals surface area contributed by atoms with Crippen molar-refractivity contribution in [3.63, 3.8) is 0 Å². The lowest BCUT2D eigenvalue weighted by atomic mass is 10.2. The number of hydrogen-bond acceptors (Lipinski definition) is 5. The fourth-order valence-electron chi connectivity index (χ4n) is 2.48. The second-order valence-electron chi connectivity index (χ2n) is 6.07. The highest BCUT2D eigenvalue weighted by molar-refractivity contribution is 8.76. The third kappa shape index (κ3) is 7.04. The van der Waals surface area contributed by atoms with Crippen molar-refractivity contribution in [2.75, 3.05) is 18.8 Å². The largest absolute Gasteiger partial charge is 0.388 e. The van der Waals surface area contributed by atoms with Crippen LogP contribution in [0, 0.1) is 0 Å². The van der Waals surface area contributed by atoms with Gasteiger partial charge in [-0.1, -0.05) is 48.7 Å². The molecule has 2 rings (SSSR count). The number of hydrogen-bond donors (Lipinski definition) is 1. The highest BCUT2D eigenvalue weighted by atomic mass is 33.1. The molecule has 1 aliphatic heterocycles. The fraction of sp³-hybridized carbons (Fsp3) is 0.350. The molecule has 0 radical (unpaired) electrons. The Bertz CT molecular complexity index is 609. The van der Waals surface area contributed by atoms with Gasteiger partial charge in [-0.2, -0.15) is 0 Å². The summed E-state index contributed by atoms with van der Waals surface area (Å²) in [4.78, 5) is 6.49. The first kappa shape index (κ1) is 19.7. The first-order valence-electron chi connectivity index (χ1n) is 8.48. The summed E-state index contributed by atoms with van der Waals surface area (Å²) in [5.41, 5.74) is 4.60. The zero-order valence-corrected chi connectivity index (χ0v) is 16.4. The van der Waals surface area contributed by atoms with Crippen LogP contribution in [0.2, 0.25) is 0 Å². The molecule has 1 N–H and O–H groups in total. The zero-order valence-electron chi connectivity index (χ0n) is 14.8. The molecule has 25 heavy (non-hydrogen) atoms. The predicted molar refractivity (Wildman–Crippen MR) is 112 cm³/mol. The Morgan fingerprint density at radius 2 is 1.92 bits per heavy atom. The maximum Gasteiger partial charge on any atom is 0.106 e.